The molecule has 84 valence electrons. The lowest BCUT2D eigenvalue weighted by Crippen LogP contribution is -2.42. The van der Waals surface area contributed by atoms with Crippen molar-refractivity contribution in [1.29, 1.82) is 0 Å². The van der Waals surface area contributed by atoms with Crippen LogP contribution in [0.25, 0.3) is 0 Å². The van der Waals surface area contributed by atoms with Gasteiger partial charge < -0.3 is 10.6 Å². The largest absolute Gasteiger partial charge is 0.381 e. The van der Waals surface area contributed by atoms with Gasteiger partial charge in [0.05, 0.1) is 5.69 Å². The summed E-state index contributed by atoms with van der Waals surface area (Å²) in [6.45, 7) is 4.77. The SMILES string of the molecule is CNC(C)(C)CNc1cc(Br)ccc1F. The lowest BCUT2D eigenvalue weighted by molar-refractivity contribution is 0.447. The quantitative estimate of drug-likeness (QED) is 0.882. The average molecular weight is 275 g/mol. The van der Waals surface area contributed by atoms with Crippen molar-refractivity contribution >= 4 is 21.6 Å². The molecule has 0 spiro atoms. The number of anilines is 1. The second-order valence-electron chi connectivity index (χ2n) is 4.11. The van der Waals surface area contributed by atoms with E-state index in [2.05, 4.69) is 40.4 Å². The molecule has 0 unspecified atom stereocenters. The van der Waals surface area contributed by atoms with Crippen molar-refractivity contribution in [2.45, 2.75) is 19.4 Å². The van der Waals surface area contributed by atoms with Gasteiger partial charge in [-0.15, -0.1) is 0 Å². The van der Waals surface area contributed by atoms with Crippen LogP contribution in [0.3, 0.4) is 0 Å². The molecule has 2 nitrogen and oxygen atoms in total. The summed E-state index contributed by atoms with van der Waals surface area (Å²) in [6.07, 6.45) is 0. The van der Waals surface area contributed by atoms with Crippen LogP contribution in [0, 0.1) is 5.82 Å². The lowest BCUT2D eigenvalue weighted by Gasteiger charge is -2.25. The lowest BCUT2D eigenvalue weighted by atomic mass is 10.1. The number of halogens is 2. The first-order valence-electron chi connectivity index (χ1n) is 4.82. The van der Waals surface area contributed by atoms with Crippen LogP contribution in [0.4, 0.5) is 10.1 Å². The van der Waals surface area contributed by atoms with Crippen LogP contribution in [0.5, 0.6) is 0 Å². The standard InChI is InChI=1S/C11H16BrFN2/c1-11(2,14-3)7-15-10-6-8(12)4-5-9(10)13/h4-6,14-15H,7H2,1-3H3. The molecule has 0 aliphatic carbocycles. The molecule has 0 aromatic heterocycles. The Balaban J connectivity index is 2.69. The third kappa shape index (κ3) is 3.80. The summed E-state index contributed by atoms with van der Waals surface area (Å²) in [6, 6.07) is 4.86. The minimum absolute atomic E-state index is 0.0608. The predicted octanol–water partition coefficient (Wildman–Crippen LogP) is 3.00. The van der Waals surface area contributed by atoms with Gasteiger partial charge in [0, 0.05) is 16.6 Å². The van der Waals surface area contributed by atoms with Crippen LogP contribution in [-0.4, -0.2) is 19.1 Å². The Hall–Kier alpha value is -0.610. The Morgan fingerprint density at radius 2 is 2.07 bits per heavy atom. The van der Waals surface area contributed by atoms with Crippen LogP contribution in [0.1, 0.15) is 13.8 Å². The van der Waals surface area contributed by atoms with Crippen molar-refractivity contribution in [3.63, 3.8) is 0 Å². The van der Waals surface area contributed by atoms with Crippen molar-refractivity contribution in [2.75, 3.05) is 18.9 Å². The Kier molecular flexibility index (Phi) is 4.11. The summed E-state index contributed by atoms with van der Waals surface area (Å²) >= 11 is 3.31. The zero-order valence-corrected chi connectivity index (χ0v) is 10.8. The zero-order valence-electron chi connectivity index (χ0n) is 9.20. The van der Waals surface area contributed by atoms with Gasteiger partial charge in [-0.25, -0.2) is 4.39 Å². The summed E-state index contributed by atoms with van der Waals surface area (Å²) in [7, 11) is 1.89. The number of hydrogen-bond donors (Lipinski definition) is 2. The van der Waals surface area contributed by atoms with E-state index in [4.69, 9.17) is 0 Å². The van der Waals surface area contributed by atoms with Crippen molar-refractivity contribution in [3.05, 3.63) is 28.5 Å². The third-order valence-corrected chi connectivity index (χ3v) is 2.82. The van der Waals surface area contributed by atoms with Gasteiger partial charge in [0.15, 0.2) is 0 Å². The molecule has 1 aromatic carbocycles. The topological polar surface area (TPSA) is 24.1 Å². The number of hydrogen-bond acceptors (Lipinski definition) is 2. The van der Waals surface area contributed by atoms with Crippen LogP contribution >= 0.6 is 15.9 Å². The molecule has 0 amide bonds. The first-order chi connectivity index (χ1) is 6.94. The summed E-state index contributed by atoms with van der Waals surface area (Å²) in [5, 5.41) is 6.23. The second-order valence-corrected chi connectivity index (χ2v) is 5.03. The van der Waals surface area contributed by atoms with Crippen LogP contribution in [0.2, 0.25) is 0 Å². The molecule has 0 fully saturated rings. The van der Waals surface area contributed by atoms with Crippen molar-refractivity contribution < 1.29 is 4.39 Å². The highest BCUT2D eigenvalue weighted by Gasteiger charge is 2.14. The monoisotopic (exact) mass is 274 g/mol. The summed E-state index contributed by atoms with van der Waals surface area (Å²) < 4.78 is 14.2. The van der Waals surface area contributed by atoms with E-state index in [0.29, 0.717) is 12.2 Å². The number of benzene rings is 1. The smallest absolute Gasteiger partial charge is 0.146 e. The van der Waals surface area contributed by atoms with E-state index in [-0.39, 0.29) is 11.4 Å². The van der Waals surface area contributed by atoms with Gasteiger partial charge in [0.25, 0.3) is 0 Å². The molecule has 1 aromatic rings. The molecule has 2 N–H and O–H groups in total. The molecular weight excluding hydrogens is 259 g/mol. The fraction of sp³-hybridized carbons (Fsp3) is 0.455. The molecule has 4 heteroatoms. The van der Waals surface area contributed by atoms with E-state index < -0.39 is 0 Å². The third-order valence-electron chi connectivity index (χ3n) is 2.33. The summed E-state index contributed by atoms with van der Waals surface area (Å²) in [4.78, 5) is 0. The Morgan fingerprint density at radius 3 is 2.67 bits per heavy atom. The van der Waals surface area contributed by atoms with E-state index >= 15 is 0 Å². The van der Waals surface area contributed by atoms with E-state index in [0.717, 1.165) is 4.47 Å². The van der Waals surface area contributed by atoms with Gasteiger partial charge in [-0.05, 0) is 39.1 Å². The molecule has 0 heterocycles. The Bertz CT molecular complexity index is 339. The first-order valence-corrected chi connectivity index (χ1v) is 5.62. The summed E-state index contributed by atoms with van der Waals surface area (Å²) in [5.74, 6) is -0.231. The minimum atomic E-state index is -0.231. The van der Waals surface area contributed by atoms with Crippen LogP contribution in [0.15, 0.2) is 22.7 Å². The van der Waals surface area contributed by atoms with Crippen molar-refractivity contribution in [2.24, 2.45) is 0 Å². The van der Waals surface area contributed by atoms with Crippen molar-refractivity contribution in [1.82, 2.24) is 5.32 Å². The average Bonchev–Trinajstić information content (AvgIpc) is 2.20. The highest BCUT2D eigenvalue weighted by atomic mass is 79.9. The number of rotatable bonds is 4. The molecule has 15 heavy (non-hydrogen) atoms. The zero-order chi connectivity index (χ0) is 11.5. The van der Waals surface area contributed by atoms with Gasteiger partial charge in [-0.2, -0.15) is 0 Å². The molecule has 0 bridgehead atoms. The van der Waals surface area contributed by atoms with E-state index in [9.17, 15) is 4.39 Å². The second kappa shape index (κ2) is 4.94. The molecular formula is C11H16BrFN2. The predicted molar refractivity (Wildman–Crippen MR) is 65.7 cm³/mol. The number of likely N-dealkylation sites (N-methyl/N-ethyl adjacent to an activating group) is 1. The van der Waals surface area contributed by atoms with Crippen LogP contribution < -0.4 is 10.6 Å². The number of nitrogens with one attached hydrogen (secondary N) is 2. The molecule has 0 saturated heterocycles. The maximum atomic E-state index is 13.3. The molecule has 0 aliphatic rings. The van der Waals surface area contributed by atoms with E-state index in [1.54, 1.807) is 12.1 Å². The van der Waals surface area contributed by atoms with Gasteiger partial charge in [0.2, 0.25) is 0 Å². The molecule has 1 rings (SSSR count). The Morgan fingerprint density at radius 1 is 1.40 bits per heavy atom. The van der Waals surface area contributed by atoms with Gasteiger partial charge in [0.1, 0.15) is 5.82 Å². The fourth-order valence-electron chi connectivity index (χ4n) is 1.04. The minimum Gasteiger partial charge on any atom is -0.381 e. The molecule has 0 aliphatic heterocycles. The molecule has 0 atom stereocenters. The normalized spacial score (nSPS) is 11.5. The van der Waals surface area contributed by atoms with Gasteiger partial charge in [-0.3, -0.25) is 0 Å². The van der Waals surface area contributed by atoms with E-state index in [1.807, 2.05) is 7.05 Å². The molecule has 0 radical (unpaired) electrons. The van der Waals surface area contributed by atoms with E-state index in [1.165, 1.54) is 6.07 Å². The molecule has 0 saturated carbocycles. The van der Waals surface area contributed by atoms with Crippen molar-refractivity contribution in [3.8, 4) is 0 Å². The Labute approximate surface area is 98.4 Å². The first kappa shape index (κ1) is 12.5. The van der Waals surface area contributed by atoms with Gasteiger partial charge >= 0.3 is 0 Å². The van der Waals surface area contributed by atoms with Crippen LogP contribution in [-0.2, 0) is 0 Å². The van der Waals surface area contributed by atoms with Gasteiger partial charge in [-0.1, -0.05) is 15.9 Å². The highest BCUT2D eigenvalue weighted by Crippen LogP contribution is 2.20. The highest BCUT2D eigenvalue weighted by molar-refractivity contribution is 9.10. The summed E-state index contributed by atoms with van der Waals surface area (Å²) in [5.41, 5.74) is 0.460. The maximum absolute atomic E-state index is 13.3. The maximum Gasteiger partial charge on any atom is 0.146 e. The fourth-order valence-corrected chi connectivity index (χ4v) is 1.40.